The van der Waals surface area contributed by atoms with Crippen LogP contribution < -0.4 is 0 Å². The molecule has 3 N–H and O–H groups in total. The van der Waals surface area contributed by atoms with Crippen molar-refractivity contribution < 1.29 is 80.2 Å². The molecule has 0 spiro atoms. The second-order valence-corrected chi connectivity index (χ2v) is 29.5. The number of phosphoric ester groups is 2. The van der Waals surface area contributed by atoms with E-state index in [4.69, 9.17) is 37.0 Å². The first-order valence-corrected chi connectivity index (χ1v) is 42.8. The van der Waals surface area contributed by atoms with E-state index in [-0.39, 0.29) is 25.7 Å². The van der Waals surface area contributed by atoms with Crippen molar-refractivity contribution in [1.82, 2.24) is 0 Å². The number of hydrogen-bond donors (Lipinski definition) is 3. The maximum Gasteiger partial charge on any atom is 0.472 e. The van der Waals surface area contributed by atoms with Crippen molar-refractivity contribution in [2.75, 3.05) is 39.6 Å². The second-order valence-electron chi connectivity index (χ2n) is 26.6. The molecule has 100 heavy (non-hydrogen) atoms. The Balaban J connectivity index is 5.38. The lowest BCUT2D eigenvalue weighted by Crippen LogP contribution is -2.30. The summed E-state index contributed by atoms with van der Waals surface area (Å²) in [5.74, 6) is -2.24. The fraction of sp³-hybridized carbons (Fsp3) is 0.778. The van der Waals surface area contributed by atoms with Crippen LogP contribution in [0.3, 0.4) is 0 Å². The number of phosphoric acid groups is 2. The Kier molecular flexibility index (Phi) is 70.8. The smallest absolute Gasteiger partial charge is 0.462 e. The van der Waals surface area contributed by atoms with E-state index in [0.29, 0.717) is 32.1 Å². The van der Waals surface area contributed by atoms with Crippen LogP contribution in [0.4, 0.5) is 0 Å². The first-order valence-electron chi connectivity index (χ1n) is 39.8. The van der Waals surface area contributed by atoms with E-state index in [1.165, 1.54) is 128 Å². The van der Waals surface area contributed by atoms with Crippen molar-refractivity contribution in [2.45, 2.75) is 367 Å². The molecule has 0 aromatic carbocycles. The molecule has 580 valence electrons. The number of unbranched alkanes of at least 4 members (excludes halogenated alkanes) is 35. The standard InChI is InChI=1S/C81H144O17P2/c1-5-9-13-17-21-25-29-33-36-37-40-43-46-50-54-58-62-66-79(84)92-72-77(98-81(86)68-64-60-56-52-48-44-39-35-31-27-23-19-15-11-7-3)74-96-100(89,90)94-70-75(82)69-93-99(87,88)95-73-76(97-80(85)67-63-59-55-51-47-41-32-28-24-20-16-12-8-4)71-91-78(83)65-61-57-53-49-45-42-38-34-30-26-22-18-14-10-6-2/h9,13,21,25,28,32-34,36,38,40,43,50,54,75-77,82H,5-8,10-12,14-20,22-24,26-27,29-31,35,37,39,41-42,44-49,51-53,55-74H2,1-4H3,(H,87,88)(H,89,90)/b13-9-,25-21-,32-28-,36-33-,38-34-,43-40-,54-50-. The average molecular weight is 1450 g/mol. The number of hydrogen-bond acceptors (Lipinski definition) is 15. The highest BCUT2D eigenvalue weighted by atomic mass is 31.2. The third-order valence-electron chi connectivity index (χ3n) is 16.8. The fourth-order valence-corrected chi connectivity index (χ4v) is 12.4. The van der Waals surface area contributed by atoms with Gasteiger partial charge < -0.3 is 33.8 Å². The number of ether oxygens (including phenoxy) is 4. The van der Waals surface area contributed by atoms with Gasteiger partial charge in [0, 0.05) is 25.7 Å². The minimum atomic E-state index is -4.98. The first kappa shape index (κ1) is 96.2. The van der Waals surface area contributed by atoms with Crippen LogP contribution in [-0.4, -0.2) is 96.7 Å². The number of allylic oxidation sites excluding steroid dienone is 14. The summed E-state index contributed by atoms with van der Waals surface area (Å²) in [4.78, 5) is 72.9. The van der Waals surface area contributed by atoms with Gasteiger partial charge in [-0.15, -0.1) is 0 Å². The molecule has 0 saturated carbocycles. The lowest BCUT2D eigenvalue weighted by atomic mass is 10.0. The maximum atomic E-state index is 13.1. The van der Waals surface area contributed by atoms with Crippen molar-refractivity contribution in [3.8, 4) is 0 Å². The zero-order valence-corrected chi connectivity index (χ0v) is 65.2. The molecule has 0 aliphatic carbocycles. The summed E-state index contributed by atoms with van der Waals surface area (Å²) in [5, 5.41) is 10.6. The van der Waals surface area contributed by atoms with E-state index in [9.17, 15) is 43.2 Å². The third-order valence-corrected chi connectivity index (χ3v) is 18.7. The molecule has 0 aromatic rings. The fourth-order valence-electron chi connectivity index (χ4n) is 10.8. The molecule has 19 heteroatoms. The maximum absolute atomic E-state index is 13.1. The van der Waals surface area contributed by atoms with Crippen molar-refractivity contribution in [1.29, 1.82) is 0 Å². The molecular formula is C81H144O17P2. The van der Waals surface area contributed by atoms with E-state index in [0.717, 1.165) is 135 Å². The zero-order chi connectivity index (χ0) is 73.2. The number of esters is 4. The van der Waals surface area contributed by atoms with Gasteiger partial charge in [-0.3, -0.25) is 37.3 Å². The molecule has 0 fully saturated rings. The number of carbonyl (C=O) groups excluding carboxylic acids is 4. The lowest BCUT2D eigenvalue weighted by molar-refractivity contribution is -0.161. The lowest BCUT2D eigenvalue weighted by Gasteiger charge is -2.21. The topological polar surface area (TPSA) is 237 Å². The van der Waals surface area contributed by atoms with Gasteiger partial charge in [0.15, 0.2) is 12.2 Å². The van der Waals surface area contributed by atoms with E-state index >= 15 is 0 Å². The zero-order valence-electron chi connectivity index (χ0n) is 63.4. The summed E-state index contributed by atoms with van der Waals surface area (Å²) >= 11 is 0. The minimum absolute atomic E-state index is 0.0846. The summed E-state index contributed by atoms with van der Waals surface area (Å²) < 4.78 is 68.5. The van der Waals surface area contributed by atoms with Crippen LogP contribution in [0.25, 0.3) is 0 Å². The summed E-state index contributed by atoms with van der Waals surface area (Å²) in [7, 11) is -9.96. The van der Waals surface area contributed by atoms with Gasteiger partial charge >= 0.3 is 39.5 Å². The van der Waals surface area contributed by atoms with Gasteiger partial charge in [0.1, 0.15) is 19.3 Å². The van der Waals surface area contributed by atoms with Crippen LogP contribution in [0, 0.1) is 0 Å². The second kappa shape index (κ2) is 73.5. The van der Waals surface area contributed by atoms with E-state index in [2.05, 4.69) is 101 Å². The molecule has 0 radical (unpaired) electrons. The Morgan fingerprint density at radius 2 is 0.530 bits per heavy atom. The molecule has 0 amide bonds. The van der Waals surface area contributed by atoms with Gasteiger partial charge in [-0.05, 0) is 116 Å². The van der Waals surface area contributed by atoms with Gasteiger partial charge in [-0.25, -0.2) is 9.13 Å². The van der Waals surface area contributed by atoms with Gasteiger partial charge in [0.25, 0.3) is 0 Å². The molecule has 0 aliphatic rings. The highest BCUT2D eigenvalue weighted by molar-refractivity contribution is 7.47. The van der Waals surface area contributed by atoms with Gasteiger partial charge in [0.05, 0.1) is 26.4 Å². The SMILES string of the molecule is CC/C=C\C/C=C\C/C=C\C/C=C\C/C=C\CCCC(=O)OCC(COP(=O)(O)OCC(O)COP(=O)(O)OCC(COC(=O)CCCCCCC/C=C\CCCCCCCC)OC(=O)CCCCCCC/C=C\CCCCCC)OC(=O)CCCCCCCCCCCCCCCCC. The molecule has 0 aliphatic heterocycles. The molecule has 0 saturated heterocycles. The van der Waals surface area contributed by atoms with Gasteiger partial charge in [0.2, 0.25) is 0 Å². The molecule has 0 aromatic heterocycles. The summed E-state index contributed by atoms with van der Waals surface area (Å²) in [5.41, 5.74) is 0. The Morgan fingerprint density at radius 3 is 0.860 bits per heavy atom. The summed E-state index contributed by atoms with van der Waals surface area (Å²) in [6.07, 6.45) is 75.7. The number of aliphatic hydroxyl groups is 1. The molecule has 5 atom stereocenters. The van der Waals surface area contributed by atoms with Crippen LogP contribution in [0.5, 0.6) is 0 Å². The Morgan fingerprint density at radius 1 is 0.290 bits per heavy atom. The number of carbonyl (C=O) groups is 4. The summed E-state index contributed by atoms with van der Waals surface area (Å²) in [6.45, 7) is 4.71. The molecule has 5 unspecified atom stereocenters. The highest BCUT2D eigenvalue weighted by Crippen LogP contribution is 2.45. The minimum Gasteiger partial charge on any atom is -0.462 e. The average Bonchev–Trinajstić information content (AvgIpc) is 1.06. The van der Waals surface area contributed by atoms with Crippen molar-refractivity contribution in [2.24, 2.45) is 0 Å². The third kappa shape index (κ3) is 72.6. The number of aliphatic hydroxyl groups excluding tert-OH is 1. The first-order chi connectivity index (χ1) is 48.7. The predicted molar refractivity (Wildman–Crippen MR) is 409 cm³/mol. The molecule has 0 bridgehead atoms. The van der Waals surface area contributed by atoms with Crippen LogP contribution in [-0.2, 0) is 65.4 Å². The van der Waals surface area contributed by atoms with Crippen LogP contribution >= 0.6 is 15.6 Å². The van der Waals surface area contributed by atoms with E-state index in [1.807, 2.05) is 12.2 Å². The van der Waals surface area contributed by atoms with Gasteiger partial charge in [-0.2, -0.15) is 0 Å². The van der Waals surface area contributed by atoms with Crippen molar-refractivity contribution in [3.63, 3.8) is 0 Å². The molecule has 0 heterocycles. The molecule has 17 nitrogen and oxygen atoms in total. The van der Waals surface area contributed by atoms with E-state index in [1.54, 1.807) is 0 Å². The molecule has 0 rings (SSSR count). The van der Waals surface area contributed by atoms with Gasteiger partial charge in [-0.1, -0.05) is 293 Å². The molecular weight excluding hydrogens is 1310 g/mol. The highest BCUT2D eigenvalue weighted by Gasteiger charge is 2.30. The summed E-state index contributed by atoms with van der Waals surface area (Å²) in [6, 6.07) is 0. The van der Waals surface area contributed by atoms with Crippen molar-refractivity contribution >= 4 is 39.5 Å². The van der Waals surface area contributed by atoms with Crippen LogP contribution in [0.2, 0.25) is 0 Å². The Bertz CT molecular complexity index is 2230. The van der Waals surface area contributed by atoms with E-state index < -0.39 is 97.5 Å². The largest absolute Gasteiger partial charge is 0.472 e. The van der Waals surface area contributed by atoms with Crippen molar-refractivity contribution in [3.05, 3.63) is 85.1 Å². The number of rotatable bonds is 75. The van der Waals surface area contributed by atoms with Crippen LogP contribution in [0.1, 0.15) is 349 Å². The normalized spacial score (nSPS) is 14.3. The quantitative estimate of drug-likeness (QED) is 0.0169. The predicted octanol–water partition coefficient (Wildman–Crippen LogP) is 23.0. The van der Waals surface area contributed by atoms with Crippen LogP contribution in [0.15, 0.2) is 85.1 Å². The Labute approximate surface area is 608 Å². The Hall–Kier alpha value is -3.76. The monoisotopic (exact) mass is 1450 g/mol.